The Kier molecular flexibility index (Phi) is 7.91. The van der Waals surface area contributed by atoms with Crippen molar-refractivity contribution in [3.63, 3.8) is 0 Å². The molecule has 4 heterocycles. The van der Waals surface area contributed by atoms with E-state index in [0.29, 0.717) is 29.5 Å². The van der Waals surface area contributed by atoms with Gasteiger partial charge in [0.1, 0.15) is 18.7 Å². The van der Waals surface area contributed by atoms with Crippen molar-refractivity contribution in [1.29, 1.82) is 0 Å². The largest absolute Gasteiger partial charge is 0.416 e. The summed E-state index contributed by atoms with van der Waals surface area (Å²) in [5, 5.41) is 13.9. The van der Waals surface area contributed by atoms with Crippen LogP contribution in [0.4, 0.5) is 13.2 Å². The highest BCUT2D eigenvalue weighted by molar-refractivity contribution is 6.31. The Labute approximate surface area is 256 Å². The van der Waals surface area contributed by atoms with E-state index in [0.717, 1.165) is 69.6 Å². The molecular weight excluding hydrogens is 569 g/mol. The summed E-state index contributed by atoms with van der Waals surface area (Å²) < 4.78 is 43.3. The summed E-state index contributed by atoms with van der Waals surface area (Å²) in [6.45, 7) is 10.8. The number of nitrogens with zero attached hydrogens (tertiary/aromatic N) is 2. The zero-order valence-electron chi connectivity index (χ0n) is 24.6. The molecule has 0 amide bonds. The maximum absolute atomic E-state index is 13.5. The van der Waals surface area contributed by atoms with Crippen molar-refractivity contribution < 1.29 is 27.3 Å². The van der Waals surface area contributed by atoms with Gasteiger partial charge in [0.15, 0.2) is 12.7 Å². The molecule has 43 heavy (non-hydrogen) atoms. The second-order valence-corrected chi connectivity index (χ2v) is 13.1. The first-order chi connectivity index (χ1) is 20.5. The van der Waals surface area contributed by atoms with E-state index in [4.69, 9.17) is 11.6 Å². The van der Waals surface area contributed by atoms with Gasteiger partial charge in [-0.25, -0.2) is 0 Å². The molecule has 0 aliphatic carbocycles. The summed E-state index contributed by atoms with van der Waals surface area (Å²) in [5.74, 6) is 0.877. The lowest BCUT2D eigenvalue weighted by atomic mass is 9.71. The maximum atomic E-state index is 13.5. The van der Waals surface area contributed by atoms with Crippen LogP contribution in [-0.2, 0) is 19.3 Å². The highest BCUT2D eigenvalue weighted by Crippen LogP contribution is 2.48. The summed E-state index contributed by atoms with van der Waals surface area (Å²) in [7, 11) is 0. The molecule has 1 N–H and O–H groups in total. The molecule has 2 bridgehead atoms. The number of quaternary nitrogens is 1. The fraction of sp³-hybridized carbons (Fsp3) is 0.361. The first kappa shape index (κ1) is 29.9. The molecule has 3 saturated heterocycles. The van der Waals surface area contributed by atoms with Crippen molar-refractivity contribution in [2.75, 3.05) is 13.1 Å². The third kappa shape index (κ3) is 5.73. The molecule has 7 rings (SSSR count). The normalized spacial score (nSPS) is 24.3. The number of para-hydroxylation sites is 1. The van der Waals surface area contributed by atoms with E-state index >= 15 is 0 Å². The van der Waals surface area contributed by atoms with Gasteiger partial charge in [0.25, 0.3) is 0 Å². The van der Waals surface area contributed by atoms with Crippen LogP contribution >= 0.6 is 11.6 Å². The number of fused-ring (bicyclic) bond motifs is 4. The number of aliphatic hydroxyl groups excluding tert-OH is 1. The lowest BCUT2D eigenvalue weighted by Gasteiger charge is -2.58. The molecule has 4 unspecified atom stereocenters. The molecule has 3 fully saturated rings. The molecule has 3 aliphatic rings. The molecule has 0 radical (unpaired) electrons. The van der Waals surface area contributed by atoms with Crippen LogP contribution in [0.2, 0.25) is 5.02 Å². The molecule has 1 aromatic heterocycles. The second kappa shape index (κ2) is 11.4. The molecule has 5 atom stereocenters. The van der Waals surface area contributed by atoms with Crippen molar-refractivity contribution in [2.24, 2.45) is 11.8 Å². The van der Waals surface area contributed by atoms with Gasteiger partial charge in [-0.3, -0.25) is 0 Å². The molecule has 0 saturated carbocycles. The fourth-order valence-electron chi connectivity index (χ4n) is 7.73. The highest BCUT2D eigenvalue weighted by atomic mass is 35.5. The number of hydrogen-bond donors (Lipinski definition) is 1. The first-order valence-corrected chi connectivity index (χ1v) is 15.4. The third-order valence-electron chi connectivity index (χ3n) is 9.83. The van der Waals surface area contributed by atoms with Crippen LogP contribution in [0, 0.1) is 25.7 Å². The summed E-state index contributed by atoms with van der Waals surface area (Å²) in [6.07, 6.45) is 0.868. The van der Waals surface area contributed by atoms with Gasteiger partial charge in [-0.2, -0.15) is 17.7 Å². The molecule has 7 heteroatoms. The number of hydrogen-bond acceptors (Lipinski definition) is 1. The van der Waals surface area contributed by atoms with E-state index in [1.54, 1.807) is 13.0 Å². The van der Waals surface area contributed by atoms with Gasteiger partial charge < -0.3 is 9.59 Å². The van der Waals surface area contributed by atoms with Crippen molar-refractivity contribution in [2.45, 2.75) is 58.1 Å². The smallest absolute Gasteiger partial charge is 0.382 e. The van der Waals surface area contributed by atoms with Gasteiger partial charge in [-0.1, -0.05) is 47.5 Å². The molecular formula is C36H38ClF3N2O+2. The molecule has 3 aliphatic heterocycles. The number of aromatic nitrogens is 1. The lowest BCUT2D eigenvalue weighted by molar-refractivity contribution is -0.984. The number of alkyl halides is 3. The van der Waals surface area contributed by atoms with Gasteiger partial charge in [-0.05, 0) is 55.7 Å². The number of piperidine rings is 3. The van der Waals surface area contributed by atoms with E-state index in [9.17, 15) is 18.3 Å². The van der Waals surface area contributed by atoms with Gasteiger partial charge in [0.05, 0.1) is 24.0 Å². The van der Waals surface area contributed by atoms with E-state index in [1.165, 1.54) is 12.1 Å². The predicted octanol–water partition coefficient (Wildman–Crippen LogP) is 8.11. The minimum atomic E-state index is -4.40. The van der Waals surface area contributed by atoms with Gasteiger partial charge in [0.2, 0.25) is 5.52 Å². The standard InChI is InChI=1S/C36H38ClF3N2O/c1-4-26-21-42(22-28-10-9-23(2)17-32(28)37)14-12-27(26)19-34(42)35(43)31-11-13-41(33-8-6-5-7-30(31)33)20-25-15-24(3)16-29(18-25)36(38,39)40/h4-11,13,15-18,26-27,34-35,43H,1,12,14,19-22H2,2-3H3/q+2/t26?,27?,34?,35-,42?/m1/s1. The average Bonchev–Trinajstić information content (AvgIpc) is 2.98. The number of benzene rings is 3. The molecule has 4 aromatic rings. The van der Waals surface area contributed by atoms with Gasteiger partial charge in [-0.15, -0.1) is 6.58 Å². The van der Waals surface area contributed by atoms with Crippen molar-refractivity contribution in [3.05, 3.63) is 124 Å². The first-order valence-electron chi connectivity index (χ1n) is 15.0. The fourth-order valence-corrected chi connectivity index (χ4v) is 8.02. The Morgan fingerprint density at radius 3 is 2.60 bits per heavy atom. The topological polar surface area (TPSA) is 24.1 Å². The average molecular weight is 607 g/mol. The maximum Gasteiger partial charge on any atom is 0.416 e. The van der Waals surface area contributed by atoms with Crippen LogP contribution in [0.5, 0.6) is 0 Å². The number of aliphatic hydroxyl groups is 1. The number of pyridine rings is 1. The number of rotatable bonds is 7. The van der Waals surface area contributed by atoms with Gasteiger partial charge in [0, 0.05) is 52.6 Å². The molecule has 0 spiro atoms. The number of aryl methyl sites for hydroxylation is 2. The molecule has 3 nitrogen and oxygen atoms in total. The van der Waals surface area contributed by atoms with Crippen LogP contribution in [0.25, 0.3) is 10.9 Å². The minimum absolute atomic E-state index is 0.0160. The summed E-state index contributed by atoms with van der Waals surface area (Å²) >= 11 is 6.74. The highest BCUT2D eigenvalue weighted by Gasteiger charge is 2.54. The Morgan fingerprint density at radius 2 is 1.86 bits per heavy atom. The summed E-state index contributed by atoms with van der Waals surface area (Å²) in [6, 6.07) is 20.2. The predicted molar refractivity (Wildman–Crippen MR) is 164 cm³/mol. The lowest BCUT2D eigenvalue weighted by Crippen LogP contribution is -2.67. The second-order valence-electron chi connectivity index (χ2n) is 12.7. The summed E-state index contributed by atoms with van der Waals surface area (Å²) in [4.78, 5) is 0. The van der Waals surface area contributed by atoms with E-state index in [-0.39, 0.29) is 6.04 Å². The monoisotopic (exact) mass is 606 g/mol. The Hall–Kier alpha value is -3.19. The zero-order chi connectivity index (χ0) is 30.5. The molecule has 224 valence electrons. The van der Waals surface area contributed by atoms with Crippen LogP contribution in [0.1, 0.15) is 52.3 Å². The Morgan fingerprint density at radius 1 is 1.07 bits per heavy atom. The van der Waals surface area contributed by atoms with Crippen LogP contribution in [-0.4, -0.2) is 28.7 Å². The number of halogens is 4. The van der Waals surface area contributed by atoms with E-state index in [1.807, 2.05) is 54.1 Å². The zero-order valence-corrected chi connectivity index (χ0v) is 25.4. The Balaban J connectivity index is 1.37. The molecule has 3 aromatic carbocycles. The van der Waals surface area contributed by atoms with Crippen LogP contribution in [0.3, 0.4) is 0 Å². The van der Waals surface area contributed by atoms with Crippen molar-refractivity contribution in [3.8, 4) is 0 Å². The third-order valence-corrected chi connectivity index (χ3v) is 10.2. The summed E-state index contributed by atoms with van der Waals surface area (Å²) in [5.41, 5.74) is 4.47. The van der Waals surface area contributed by atoms with Crippen LogP contribution < -0.4 is 4.57 Å². The minimum Gasteiger partial charge on any atom is -0.382 e. The van der Waals surface area contributed by atoms with E-state index < -0.39 is 17.8 Å². The van der Waals surface area contributed by atoms with Gasteiger partial charge >= 0.3 is 6.18 Å². The SMILES string of the molecule is C=CC1C[N+]2(Cc3ccc(C)cc3Cl)CCC1CC2[C@H](O)c1cc[n+](Cc2cc(C)cc(C(F)(F)F)c2)c2ccccc12. The van der Waals surface area contributed by atoms with Crippen molar-refractivity contribution in [1.82, 2.24) is 0 Å². The van der Waals surface area contributed by atoms with Crippen molar-refractivity contribution >= 4 is 22.5 Å². The van der Waals surface area contributed by atoms with E-state index in [2.05, 4.69) is 24.8 Å². The van der Waals surface area contributed by atoms with Crippen LogP contribution in [0.15, 0.2) is 85.6 Å². The quantitative estimate of drug-likeness (QED) is 0.128. The Bertz CT molecular complexity index is 1690.